The molecule has 1 aliphatic rings. The van der Waals surface area contributed by atoms with Crippen molar-refractivity contribution in [3.63, 3.8) is 0 Å². The average molecular weight is 293 g/mol. The molecule has 2 aromatic carbocycles. The molecule has 0 aliphatic carbocycles. The Hall–Kier alpha value is -2.09. The van der Waals surface area contributed by atoms with Crippen LogP contribution >= 0.6 is 0 Å². The van der Waals surface area contributed by atoms with Gasteiger partial charge in [-0.05, 0) is 54.5 Å². The first-order chi connectivity index (χ1) is 10.4. The maximum absolute atomic E-state index is 12.1. The first-order valence-electron chi connectivity index (χ1n) is 7.89. The zero-order valence-electron chi connectivity index (χ0n) is 13.8. The third-order valence-electron chi connectivity index (χ3n) is 4.69. The highest BCUT2D eigenvalue weighted by Crippen LogP contribution is 2.40. The van der Waals surface area contributed by atoms with Gasteiger partial charge < -0.3 is 5.32 Å². The van der Waals surface area contributed by atoms with Crippen molar-refractivity contribution in [2.24, 2.45) is 0 Å². The monoisotopic (exact) mass is 293 g/mol. The topological polar surface area (TPSA) is 29.1 Å². The molecule has 0 radical (unpaired) electrons. The van der Waals surface area contributed by atoms with Gasteiger partial charge in [0.1, 0.15) is 0 Å². The van der Waals surface area contributed by atoms with E-state index in [9.17, 15) is 4.79 Å². The van der Waals surface area contributed by atoms with E-state index in [1.165, 1.54) is 11.1 Å². The van der Waals surface area contributed by atoms with Gasteiger partial charge in [-0.25, -0.2) is 0 Å². The molecule has 0 fully saturated rings. The maximum atomic E-state index is 12.1. The van der Waals surface area contributed by atoms with Crippen molar-refractivity contribution in [1.82, 2.24) is 0 Å². The minimum absolute atomic E-state index is 0.114. The molecular formula is C20H23NO. The van der Waals surface area contributed by atoms with Gasteiger partial charge in [0.05, 0.1) is 0 Å². The Bertz CT molecular complexity index is 726. The number of aryl methyl sites for hydroxylation is 1. The standard InChI is InChI=1S/C20H23NO/c1-13-5-7-15(8-6-13)17-11-18-19(12-16(17)14(2)22)21-10-9-20(18,3)4/h5-8,11-12,21H,9-10H2,1-4H3. The summed E-state index contributed by atoms with van der Waals surface area (Å²) in [6.45, 7) is 9.24. The second kappa shape index (κ2) is 5.28. The number of rotatable bonds is 2. The molecule has 0 amide bonds. The minimum atomic E-state index is 0.114. The van der Waals surface area contributed by atoms with E-state index < -0.39 is 0 Å². The molecule has 114 valence electrons. The number of Topliss-reactive ketones (excluding diaryl/α,β-unsaturated/α-hetero) is 1. The van der Waals surface area contributed by atoms with Crippen LogP contribution in [0, 0.1) is 6.92 Å². The van der Waals surface area contributed by atoms with Gasteiger partial charge in [-0.15, -0.1) is 0 Å². The van der Waals surface area contributed by atoms with Crippen LogP contribution in [0.1, 0.15) is 48.7 Å². The van der Waals surface area contributed by atoms with Crippen LogP contribution in [0.25, 0.3) is 11.1 Å². The van der Waals surface area contributed by atoms with Crippen LogP contribution in [0.3, 0.4) is 0 Å². The third kappa shape index (κ3) is 2.54. The molecule has 2 nitrogen and oxygen atoms in total. The van der Waals surface area contributed by atoms with E-state index in [0.29, 0.717) is 0 Å². The van der Waals surface area contributed by atoms with Crippen LogP contribution in [0.5, 0.6) is 0 Å². The molecule has 1 aliphatic heterocycles. The van der Waals surface area contributed by atoms with E-state index >= 15 is 0 Å². The van der Waals surface area contributed by atoms with Gasteiger partial charge in [-0.2, -0.15) is 0 Å². The number of carbonyl (C=O) groups excluding carboxylic acids is 1. The van der Waals surface area contributed by atoms with E-state index in [0.717, 1.165) is 35.3 Å². The molecule has 2 heteroatoms. The first kappa shape index (κ1) is 14.8. The lowest BCUT2D eigenvalue weighted by Crippen LogP contribution is -2.28. The first-order valence-corrected chi connectivity index (χ1v) is 7.89. The fourth-order valence-corrected chi connectivity index (χ4v) is 3.21. The highest BCUT2D eigenvalue weighted by Gasteiger charge is 2.29. The van der Waals surface area contributed by atoms with Crippen LogP contribution in [-0.4, -0.2) is 12.3 Å². The lowest BCUT2D eigenvalue weighted by molar-refractivity contribution is 0.101. The summed E-state index contributed by atoms with van der Waals surface area (Å²) in [5.74, 6) is 0.114. The van der Waals surface area contributed by atoms with Gasteiger partial charge in [0.2, 0.25) is 0 Å². The van der Waals surface area contributed by atoms with Crippen LogP contribution in [-0.2, 0) is 5.41 Å². The lowest BCUT2D eigenvalue weighted by Gasteiger charge is -2.34. The molecule has 3 rings (SSSR count). The van der Waals surface area contributed by atoms with Crippen LogP contribution < -0.4 is 5.32 Å². The molecule has 2 aromatic rings. The van der Waals surface area contributed by atoms with E-state index in [1.807, 2.05) is 6.07 Å². The predicted octanol–water partition coefficient (Wildman–Crippen LogP) is 4.96. The molecule has 1 heterocycles. The number of hydrogen-bond donors (Lipinski definition) is 1. The molecule has 0 unspecified atom stereocenters. The summed E-state index contributed by atoms with van der Waals surface area (Å²) in [7, 11) is 0. The Labute approximate surface area is 132 Å². The van der Waals surface area contributed by atoms with Gasteiger partial charge in [0, 0.05) is 17.8 Å². The van der Waals surface area contributed by atoms with Gasteiger partial charge in [0.25, 0.3) is 0 Å². The van der Waals surface area contributed by atoms with Gasteiger partial charge in [-0.3, -0.25) is 4.79 Å². The summed E-state index contributed by atoms with van der Waals surface area (Å²) in [5.41, 5.74) is 6.73. The number of fused-ring (bicyclic) bond motifs is 1. The van der Waals surface area contributed by atoms with Crippen molar-refractivity contribution in [3.8, 4) is 11.1 Å². The van der Waals surface area contributed by atoms with Gasteiger partial charge >= 0.3 is 0 Å². The Kier molecular flexibility index (Phi) is 3.56. The largest absolute Gasteiger partial charge is 0.385 e. The fourth-order valence-electron chi connectivity index (χ4n) is 3.21. The number of ketones is 1. The average Bonchev–Trinajstić information content (AvgIpc) is 2.47. The maximum Gasteiger partial charge on any atom is 0.160 e. The Morgan fingerprint density at radius 2 is 1.82 bits per heavy atom. The van der Waals surface area contributed by atoms with Crippen molar-refractivity contribution in [2.45, 2.75) is 39.5 Å². The fraction of sp³-hybridized carbons (Fsp3) is 0.350. The summed E-state index contributed by atoms with van der Waals surface area (Å²) in [4.78, 5) is 12.1. The van der Waals surface area contributed by atoms with Crippen molar-refractivity contribution in [1.29, 1.82) is 0 Å². The van der Waals surface area contributed by atoms with Crippen LogP contribution in [0.4, 0.5) is 5.69 Å². The van der Waals surface area contributed by atoms with Crippen LogP contribution in [0.2, 0.25) is 0 Å². The second-order valence-corrected chi connectivity index (χ2v) is 6.93. The Balaban J connectivity index is 2.24. The van der Waals surface area contributed by atoms with Crippen molar-refractivity contribution < 1.29 is 4.79 Å². The highest BCUT2D eigenvalue weighted by molar-refractivity contribution is 6.02. The van der Waals surface area contributed by atoms with Crippen molar-refractivity contribution in [2.75, 3.05) is 11.9 Å². The molecule has 1 N–H and O–H groups in total. The number of hydrogen-bond acceptors (Lipinski definition) is 2. The quantitative estimate of drug-likeness (QED) is 0.793. The molecule has 0 atom stereocenters. The predicted molar refractivity (Wildman–Crippen MR) is 92.8 cm³/mol. The lowest BCUT2D eigenvalue weighted by atomic mass is 9.76. The van der Waals surface area contributed by atoms with Crippen molar-refractivity contribution in [3.05, 3.63) is 53.1 Å². The molecule has 0 bridgehead atoms. The summed E-state index contributed by atoms with van der Waals surface area (Å²) in [5, 5.41) is 3.45. The summed E-state index contributed by atoms with van der Waals surface area (Å²) >= 11 is 0. The SMILES string of the molecule is CC(=O)c1cc2c(cc1-c1ccc(C)cc1)C(C)(C)CCN2. The molecular weight excluding hydrogens is 270 g/mol. The van der Waals surface area contributed by atoms with E-state index in [-0.39, 0.29) is 11.2 Å². The van der Waals surface area contributed by atoms with Gasteiger partial charge in [0.15, 0.2) is 5.78 Å². The molecule has 0 spiro atoms. The minimum Gasteiger partial charge on any atom is -0.385 e. The summed E-state index contributed by atoms with van der Waals surface area (Å²) < 4.78 is 0. The summed E-state index contributed by atoms with van der Waals surface area (Å²) in [6, 6.07) is 12.7. The normalized spacial score (nSPS) is 15.8. The highest BCUT2D eigenvalue weighted by atomic mass is 16.1. The zero-order valence-corrected chi connectivity index (χ0v) is 13.8. The number of carbonyl (C=O) groups is 1. The van der Waals surface area contributed by atoms with Crippen molar-refractivity contribution >= 4 is 11.5 Å². The Morgan fingerprint density at radius 1 is 1.14 bits per heavy atom. The third-order valence-corrected chi connectivity index (χ3v) is 4.69. The molecule has 0 aromatic heterocycles. The molecule has 0 saturated carbocycles. The van der Waals surface area contributed by atoms with E-state index in [4.69, 9.17) is 0 Å². The van der Waals surface area contributed by atoms with Crippen LogP contribution in [0.15, 0.2) is 36.4 Å². The smallest absolute Gasteiger partial charge is 0.160 e. The van der Waals surface area contributed by atoms with E-state index in [2.05, 4.69) is 56.4 Å². The van der Waals surface area contributed by atoms with E-state index in [1.54, 1.807) is 6.92 Å². The summed E-state index contributed by atoms with van der Waals surface area (Å²) in [6.07, 6.45) is 1.10. The molecule has 0 saturated heterocycles. The second-order valence-electron chi connectivity index (χ2n) is 6.93. The Morgan fingerprint density at radius 3 is 2.45 bits per heavy atom. The van der Waals surface area contributed by atoms with Gasteiger partial charge in [-0.1, -0.05) is 43.7 Å². The number of benzene rings is 2. The number of nitrogens with one attached hydrogen (secondary N) is 1. The number of anilines is 1. The zero-order chi connectivity index (χ0) is 15.9. The molecule has 22 heavy (non-hydrogen) atoms.